The highest BCUT2D eigenvalue weighted by atomic mass is 14.6. The van der Waals surface area contributed by atoms with Crippen LogP contribution in [0.2, 0.25) is 0 Å². The lowest BCUT2D eigenvalue weighted by Gasteiger charge is -2.08. The highest BCUT2D eigenvalue weighted by molar-refractivity contribution is 5.43. The summed E-state index contributed by atoms with van der Waals surface area (Å²) in [5.74, 6) is 1.43. The van der Waals surface area contributed by atoms with E-state index in [0.717, 1.165) is 18.8 Å². The predicted molar refractivity (Wildman–Crippen MR) is 78.2 cm³/mol. The number of hydrogen-bond donors (Lipinski definition) is 1. The van der Waals surface area contributed by atoms with Gasteiger partial charge in [-0.2, -0.15) is 0 Å². The second kappa shape index (κ2) is 4.21. The maximum absolute atomic E-state index is 6.18. The Balaban J connectivity index is 1.61. The summed E-state index contributed by atoms with van der Waals surface area (Å²) < 4.78 is 0. The summed E-state index contributed by atoms with van der Waals surface area (Å²) in [7, 11) is 0. The molecule has 0 amide bonds. The first-order valence-electron chi connectivity index (χ1n) is 7.26. The predicted octanol–water partition coefficient (Wildman–Crippen LogP) is 3.90. The molecule has 2 aliphatic carbocycles. The number of aryl methyl sites for hydroxylation is 1. The zero-order chi connectivity index (χ0) is 12.8. The zero-order valence-corrected chi connectivity index (χ0v) is 11.0. The summed E-state index contributed by atoms with van der Waals surface area (Å²) in [4.78, 5) is 0. The summed E-state index contributed by atoms with van der Waals surface area (Å²) in [6.45, 7) is 0. The molecule has 1 nitrogen and oxygen atoms in total. The summed E-state index contributed by atoms with van der Waals surface area (Å²) in [5, 5.41) is 0. The van der Waals surface area contributed by atoms with Gasteiger partial charge in [-0.3, -0.25) is 0 Å². The van der Waals surface area contributed by atoms with Gasteiger partial charge in [0.05, 0.1) is 0 Å². The van der Waals surface area contributed by atoms with E-state index in [9.17, 15) is 0 Å². The number of benzene rings is 2. The van der Waals surface area contributed by atoms with Crippen LogP contribution in [0.15, 0.2) is 48.5 Å². The number of nitrogens with two attached hydrogens (primary N) is 1. The van der Waals surface area contributed by atoms with E-state index in [1.165, 1.54) is 28.7 Å². The third-order valence-corrected chi connectivity index (χ3v) is 4.74. The molecule has 0 aliphatic heterocycles. The van der Waals surface area contributed by atoms with E-state index in [-0.39, 0.29) is 6.04 Å². The van der Waals surface area contributed by atoms with E-state index >= 15 is 0 Å². The van der Waals surface area contributed by atoms with Crippen molar-refractivity contribution >= 4 is 0 Å². The Hall–Kier alpha value is -1.60. The molecule has 2 aromatic carbocycles. The minimum atomic E-state index is 0.267. The Morgan fingerprint density at radius 1 is 0.895 bits per heavy atom. The molecule has 1 heteroatoms. The summed E-state index contributed by atoms with van der Waals surface area (Å²) in [6, 6.07) is 18.2. The Morgan fingerprint density at radius 2 is 1.68 bits per heavy atom. The molecule has 0 heterocycles. The topological polar surface area (TPSA) is 26.0 Å². The molecule has 2 N–H and O–H groups in total. The van der Waals surface area contributed by atoms with Gasteiger partial charge in [-0.25, -0.2) is 0 Å². The van der Waals surface area contributed by atoms with E-state index in [4.69, 9.17) is 5.73 Å². The van der Waals surface area contributed by atoms with Crippen LogP contribution in [0.3, 0.4) is 0 Å². The molecule has 0 aromatic heterocycles. The molecule has 1 fully saturated rings. The van der Waals surface area contributed by atoms with Gasteiger partial charge in [0.25, 0.3) is 0 Å². The van der Waals surface area contributed by atoms with E-state index in [1.807, 2.05) is 0 Å². The molecule has 0 saturated heterocycles. The molecule has 96 valence electrons. The average Bonchev–Trinajstić information content (AvgIpc) is 3.19. The van der Waals surface area contributed by atoms with Crippen molar-refractivity contribution in [3.8, 4) is 0 Å². The molecule has 0 spiro atoms. The molecule has 3 atom stereocenters. The lowest BCUT2D eigenvalue weighted by Crippen LogP contribution is -2.05. The minimum Gasteiger partial charge on any atom is -0.324 e. The molecular formula is C18H19N. The third-order valence-electron chi connectivity index (χ3n) is 4.74. The van der Waals surface area contributed by atoms with Crippen molar-refractivity contribution < 1.29 is 0 Å². The molecule has 4 rings (SSSR count). The molecule has 2 aromatic rings. The van der Waals surface area contributed by atoms with Crippen LogP contribution in [0.5, 0.6) is 0 Å². The van der Waals surface area contributed by atoms with E-state index in [0.29, 0.717) is 5.92 Å². The van der Waals surface area contributed by atoms with Gasteiger partial charge in [0.15, 0.2) is 0 Å². The first-order valence-corrected chi connectivity index (χ1v) is 7.26. The highest BCUT2D eigenvalue weighted by Gasteiger charge is 2.39. The fourth-order valence-electron chi connectivity index (χ4n) is 3.52. The second-order valence-corrected chi connectivity index (χ2v) is 5.96. The minimum absolute atomic E-state index is 0.267. The molecular weight excluding hydrogens is 230 g/mol. The van der Waals surface area contributed by atoms with Crippen LogP contribution in [0.1, 0.15) is 53.0 Å². The van der Waals surface area contributed by atoms with Crippen LogP contribution in [0, 0.1) is 0 Å². The van der Waals surface area contributed by atoms with Gasteiger partial charge in [0.1, 0.15) is 0 Å². The van der Waals surface area contributed by atoms with Gasteiger partial charge in [0.2, 0.25) is 0 Å². The van der Waals surface area contributed by atoms with Gasteiger partial charge in [-0.15, -0.1) is 0 Å². The molecule has 1 saturated carbocycles. The summed E-state index contributed by atoms with van der Waals surface area (Å²) >= 11 is 0. The van der Waals surface area contributed by atoms with Crippen LogP contribution in [0.25, 0.3) is 0 Å². The Bertz CT molecular complexity index is 602. The lowest BCUT2D eigenvalue weighted by atomic mass is 9.99. The van der Waals surface area contributed by atoms with Gasteiger partial charge in [0, 0.05) is 6.04 Å². The molecule has 0 bridgehead atoms. The maximum Gasteiger partial charge on any atom is 0.0300 e. The Morgan fingerprint density at radius 3 is 2.53 bits per heavy atom. The van der Waals surface area contributed by atoms with Crippen LogP contribution in [-0.2, 0) is 6.42 Å². The van der Waals surface area contributed by atoms with Crippen molar-refractivity contribution in [2.45, 2.75) is 37.1 Å². The standard InChI is InChI=1S/C18H19N/c19-18-9-8-13-6-7-14(10-17(13)18)16-11-15(16)12-4-2-1-3-5-12/h1-7,10,15-16,18H,8-9,11,19H2. The molecule has 0 radical (unpaired) electrons. The summed E-state index contributed by atoms with van der Waals surface area (Å²) in [6.07, 6.45) is 3.56. The third kappa shape index (κ3) is 1.89. The quantitative estimate of drug-likeness (QED) is 0.858. The van der Waals surface area contributed by atoms with E-state index in [2.05, 4.69) is 48.5 Å². The number of fused-ring (bicyclic) bond motifs is 1. The van der Waals surface area contributed by atoms with Crippen molar-refractivity contribution in [1.29, 1.82) is 0 Å². The van der Waals surface area contributed by atoms with Crippen molar-refractivity contribution in [3.05, 3.63) is 70.8 Å². The largest absolute Gasteiger partial charge is 0.324 e. The van der Waals surface area contributed by atoms with Crippen LogP contribution in [-0.4, -0.2) is 0 Å². The Kier molecular flexibility index (Phi) is 2.49. The maximum atomic E-state index is 6.18. The highest BCUT2D eigenvalue weighted by Crippen LogP contribution is 2.55. The first-order chi connectivity index (χ1) is 9.33. The van der Waals surface area contributed by atoms with Crippen molar-refractivity contribution in [1.82, 2.24) is 0 Å². The monoisotopic (exact) mass is 249 g/mol. The lowest BCUT2D eigenvalue weighted by molar-refractivity contribution is 0.712. The fraction of sp³-hybridized carbons (Fsp3) is 0.333. The van der Waals surface area contributed by atoms with Gasteiger partial charge in [-0.1, -0.05) is 48.5 Å². The van der Waals surface area contributed by atoms with Gasteiger partial charge in [-0.05, 0) is 53.4 Å². The number of hydrogen-bond acceptors (Lipinski definition) is 1. The zero-order valence-electron chi connectivity index (χ0n) is 11.0. The Labute approximate surface area is 114 Å². The number of rotatable bonds is 2. The smallest absolute Gasteiger partial charge is 0.0300 e. The fourth-order valence-corrected chi connectivity index (χ4v) is 3.52. The average molecular weight is 249 g/mol. The van der Waals surface area contributed by atoms with E-state index in [1.54, 1.807) is 0 Å². The van der Waals surface area contributed by atoms with Crippen molar-refractivity contribution in [2.75, 3.05) is 0 Å². The van der Waals surface area contributed by atoms with Crippen LogP contribution < -0.4 is 5.73 Å². The summed E-state index contributed by atoms with van der Waals surface area (Å²) in [5.41, 5.74) is 12.0. The molecule has 19 heavy (non-hydrogen) atoms. The second-order valence-electron chi connectivity index (χ2n) is 5.96. The van der Waals surface area contributed by atoms with Crippen LogP contribution in [0.4, 0.5) is 0 Å². The van der Waals surface area contributed by atoms with Crippen molar-refractivity contribution in [2.24, 2.45) is 5.73 Å². The van der Waals surface area contributed by atoms with Gasteiger partial charge < -0.3 is 5.73 Å². The molecule has 3 unspecified atom stereocenters. The van der Waals surface area contributed by atoms with Crippen LogP contribution >= 0.6 is 0 Å². The normalized spacial score (nSPS) is 28.2. The van der Waals surface area contributed by atoms with Gasteiger partial charge >= 0.3 is 0 Å². The first kappa shape index (κ1) is 11.2. The SMILES string of the molecule is NC1CCc2ccc(C3CC3c3ccccc3)cc21. The van der Waals surface area contributed by atoms with E-state index < -0.39 is 0 Å². The molecule has 2 aliphatic rings. The van der Waals surface area contributed by atoms with Crippen molar-refractivity contribution in [3.63, 3.8) is 0 Å².